The van der Waals surface area contributed by atoms with E-state index in [1.807, 2.05) is 26.0 Å². The number of carboxylic acids is 1. The van der Waals surface area contributed by atoms with Crippen LogP contribution in [-0.2, 0) is 4.79 Å². The molecular weight excluding hydrogens is 232 g/mol. The second-order valence-corrected chi connectivity index (χ2v) is 4.32. The normalized spacial score (nSPS) is 14.1. The molecule has 1 aromatic rings. The highest BCUT2D eigenvalue weighted by Crippen LogP contribution is 2.28. The Morgan fingerprint density at radius 2 is 1.89 bits per heavy atom. The van der Waals surface area contributed by atoms with Crippen molar-refractivity contribution >= 4 is 5.97 Å². The molecule has 4 N–H and O–H groups in total. The first-order chi connectivity index (χ1) is 8.42. The molecule has 0 amide bonds. The lowest BCUT2D eigenvalue weighted by atomic mass is 9.96. The van der Waals surface area contributed by atoms with Crippen molar-refractivity contribution in [3.63, 3.8) is 0 Å². The fourth-order valence-corrected chi connectivity index (χ4v) is 2.18. The third-order valence-electron chi connectivity index (χ3n) is 3.00. The van der Waals surface area contributed by atoms with Gasteiger partial charge in [0.2, 0.25) is 0 Å². The molecule has 5 heteroatoms. The minimum absolute atomic E-state index is 0.425. The van der Waals surface area contributed by atoms with E-state index in [9.17, 15) is 4.79 Å². The molecular formula is C13H20N2O3. The molecule has 18 heavy (non-hydrogen) atoms. The van der Waals surface area contributed by atoms with E-state index in [0.717, 1.165) is 22.4 Å². The summed E-state index contributed by atoms with van der Waals surface area (Å²) in [5.41, 5.74) is 8.46. The lowest BCUT2D eigenvalue weighted by Crippen LogP contribution is -2.42. The molecule has 0 spiro atoms. The first-order valence-electron chi connectivity index (χ1n) is 5.73. The fourth-order valence-electron chi connectivity index (χ4n) is 2.18. The number of benzene rings is 1. The molecule has 5 nitrogen and oxygen atoms in total. The first kappa shape index (κ1) is 14.5. The minimum atomic E-state index is -1.03. The molecule has 2 atom stereocenters. The van der Waals surface area contributed by atoms with E-state index in [1.54, 1.807) is 14.2 Å². The van der Waals surface area contributed by atoms with Crippen LogP contribution in [0.15, 0.2) is 12.1 Å². The molecule has 0 heterocycles. The second kappa shape index (κ2) is 5.84. The van der Waals surface area contributed by atoms with Gasteiger partial charge < -0.3 is 20.9 Å². The summed E-state index contributed by atoms with van der Waals surface area (Å²) < 4.78 is 5.28. The van der Waals surface area contributed by atoms with Crippen molar-refractivity contribution in [3.8, 4) is 5.75 Å². The third kappa shape index (κ3) is 2.80. The van der Waals surface area contributed by atoms with E-state index in [-0.39, 0.29) is 0 Å². The maximum Gasteiger partial charge on any atom is 0.322 e. The van der Waals surface area contributed by atoms with Gasteiger partial charge in [-0.05, 0) is 37.6 Å². The number of nitrogens with one attached hydrogen (secondary N) is 1. The van der Waals surface area contributed by atoms with Crippen molar-refractivity contribution < 1.29 is 14.6 Å². The third-order valence-corrected chi connectivity index (χ3v) is 3.00. The Morgan fingerprint density at radius 3 is 2.22 bits per heavy atom. The van der Waals surface area contributed by atoms with Crippen molar-refractivity contribution in [2.75, 3.05) is 14.2 Å². The Morgan fingerprint density at radius 1 is 1.39 bits per heavy atom. The number of hydrogen-bond donors (Lipinski definition) is 3. The van der Waals surface area contributed by atoms with E-state index in [2.05, 4.69) is 5.32 Å². The van der Waals surface area contributed by atoms with E-state index in [4.69, 9.17) is 15.6 Å². The predicted molar refractivity (Wildman–Crippen MR) is 69.9 cm³/mol. The Balaban J connectivity index is 3.19. The molecule has 0 aliphatic heterocycles. The number of methoxy groups -OCH3 is 1. The van der Waals surface area contributed by atoms with Crippen LogP contribution in [0, 0.1) is 13.8 Å². The number of aryl methyl sites for hydroxylation is 2. The summed E-state index contributed by atoms with van der Waals surface area (Å²) in [5, 5.41) is 11.9. The Labute approximate surface area is 107 Å². The zero-order chi connectivity index (χ0) is 13.9. The van der Waals surface area contributed by atoms with Crippen LogP contribution in [0.4, 0.5) is 0 Å². The molecule has 2 unspecified atom stereocenters. The van der Waals surface area contributed by atoms with Crippen LogP contribution in [0.2, 0.25) is 0 Å². The quantitative estimate of drug-likeness (QED) is 0.727. The van der Waals surface area contributed by atoms with Crippen LogP contribution < -0.4 is 15.8 Å². The summed E-state index contributed by atoms with van der Waals surface area (Å²) >= 11 is 0. The molecule has 0 bridgehead atoms. The van der Waals surface area contributed by atoms with Crippen LogP contribution in [0.3, 0.4) is 0 Å². The minimum Gasteiger partial charge on any atom is -0.496 e. The first-order valence-corrected chi connectivity index (χ1v) is 5.73. The average Bonchev–Trinajstić information content (AvgIpc) is 2.29. The van der Waals surface area contributed by atoms with Crippen LogP contribution >= 0.6 is 0 Å². The molecule has 0 aliphatic rings. The van der Waals surface area contributed by atoms with Gasteiger partial charge in [0.05, 0.1) is 13.2 Å². The highest BCUT2D eigenvalue weighted by Gasteiger charge is 2.25. The van der Waals surface area contributed by atoms with Gasteiger partial charge in [0, 0.05) is 0 Å². The monoisotopic (exact) mass is 252 g/mol. The molecule has 0 fully saturated rings. The lowest BCUT2D eigenvalue weighted by molar-refractivity contribution is -0.139. The van der Waals surface area contributed by atoms with Crippen molar-refractivity contribution in [2.45, 2.75) is 25.9 Å². The summed E-state index contributed by atoms with van der Waals surface area (Å²) in [6, 6.07) is 2.39. The number of carbonyl (C=O) groups is 1. The van der Waals surface area contributed by atoms with Crippen molar-refractivity contribution in [2.24, 2.45) is 5.73 Å². The van der Waals surface area contributed by atoms with Gasteiger partial charge in [0.1, 0.15) is 11.8 Å². The van der Waals surface area contributed by atoms with Gasteiger partial charge >= 0.3 is 5.97 Å². The van der Waals surface area contributed by atoms with Crippen LogP contribution in [0.1, 0.15) is 22.7 Å². The molecule has 1 rings (SSSR count). The Bertz CT molecular complexity index is 423. The molecule has 100 valence electrons. The van der Waals surface area contributed by atoms with Gasteiger partial charge in [-0.15, -0.1) is 0 Å². The highest BCUT2D eigenvalue weighted by atomic mass is 16.5. The summed E-state index contributed by atoms with van der Waals surface area (Å²) in [6.07, 6.45) is 0. The van der Waals surface area contributed by atoms with E-state index < -0.39 is 18.1 Å². The van der Waals surface area contributed by atoms with Crippen LogP contribution in [0.5, 0.6) is 5.75 Å². The van der Waals surface area contributed by atoms with Gasteiger partial charge in [0.15, 0.2) is 0 Å². The number of likely N-dealkylation sites (N-methyl/N-ethyl adjacent to an activating group) is 1. The summed E-state index contributed by atoms with van der Waals surface area (Å²) in [5.74, 6) is -0.210. The van der Waals surface area contributed by atoms with Crippen molar-refractivity contribution in [1.82, 2.24) is 5.32 Å². The summed E-state index contributed by atoms with van der Waals surface area (Å²) in [7, 11) is 3.32. The van der Waals surface area contributed by atoms with Crippen molar-refractivity contribution in [1.29, 1.82) is 0 Å². The molecule has 0 saturated heterocycles. The molecule has 0 radical (unpaired) electrons. The fraction of sp³-hybridized carbons (Fsp3) is 0.462. The van der Waals surface area contributed by atoms with Gasteiger partial charge in [-0.2, -0.15) is 0 Å². The molecule has 0 aliphatic carbocycles. The number of nitrogens with two attached hydrogens (primary N) is 1. The van der Waals surface area contributed by atoms with Gasteiger partial charge in [-0.3, -0.25) is 4.79 Å². The van der Waals surface area contributed by atoms with Crippen molar-refractivity contribution in [3.05, 3.63) is 28.8 Å². The molecule has 0 aromatic heterocycles. The smallest absolute Gasteiger partial charge is 0.322 e. The predicted octanol–water partition coefficient (Wildman–Crippen LogP) is 0.984. The lowest BCUT2D eigenvalue weighted by Gasteiger charge is -2.22. The van der Waals surface area contributed by atoms with Gasteiger partial charge in [-0.1, -0.05) is 12.1 Å². The standard InChI is InChI=1S/C13H20N2O3/c1-7-5-9(6-8(2)12(7)18-4)11(15-3)10(14)13(16)17/h5-6,10-11,15H,14H2,1-4H3,(H,16,17). The molecule has 1 aromatic carbocycles. The van der Waals surface area contributed by atoms with E-state index in [0.29, 0.717) is 0 Å². The largest absolute Gasteiger partial charge is 0.496 e. The Kier molecular flexibility index (Phi) is 4.69. The number of hydrogen-bond acceptors (Lipinski definition) is 4. The number of carboxylic acid groups (broad SMARTS) is 1. The molecule has 0 saturated carbocycles. The zero-order valence-corrected chi connectivity index (χ0v) is 11.2. The van der Waals surface area contributed by atoms with Gasteiger partial charge in [-0.25, -0.2) is 0 Å². The Hall–Kier alpha value is -1.59. The average molecular weight is 252 g/mol. The van der Waals surface area contributed by atoms with E-state index >= 15 is 0 Å². The SMILES string of the molecule is CNC(c1cc(C)c(OC)c(C)c1)C(N)C(=O)O. The van der Waals surface area contributed by atoms with E-state index in [1.165, 1.54) is 0 Å². The van der Waals surface area contributed by atoms with Crippen LogP contribution in [0.25, 0.3) is 0 Å². The maximum atomic E-state index is 11.0. The highest BCUT2D eigenvalue weighted by molar-refractivity contribution is 5.74. The number of ether oxygens (including phenoxy) is 1. The maximum absolute atomic E-state index is 11.0. The van der Waals surface area contributed by atoms with Gasteiger partial charge in [0.25, 0.3) is 0 Å². The summed E-state index contributed by atoms with van der Waals surface area (Å²) in [6.45, 7) is 3.85. The number of rotatable bonds is 5. The second-order valence-electron chi connectivity index (χ2n) is 4.32. The number of aliphatic carboxylic acids is 1. The van der Waals surface area contributed by atoms with Crippen LogP contribution in [-0.4, -0.2) is 31.3 Å². The summed E-state index contributed by atoms with van der Waals surface area (Å²) in [4.78, 5) is 11.0. The topological polar surface area (TPSA) is 84.6 Å². The zero-order valence-electron chi connectivity index (χ0n) is 11.2.